The van der Waals surface area contributed by atoms with Crippen molar-refractivity contribution in [3.63, 3.8) is 0 Å². The van der Waals surface area contributed by atoms with Gasteiger partial charge in [0.2, 0.25) is 5.91 Å². The van der Waals surface area contributed by atoms with Crippen molar-refractivity contribution >= 4 is 17.5 Å². The average Bonchev–Trinajstić information content (AvgIpc) is 3.51. The minimum absolute atomic E-state index is 0.0632. The highest BCUT2D eigenvalue weighted by atomic mass is 16.2. The van der Waals surface area contributed by atoms with Gasteiger partial charge in [0.05, 0.1) is 0 Å². The number of rotatable bonds is 8. The number of carbonyl (C=O) groups is 2. The van der Waals surface area contributed by atoms with Crippen molar-refractivity contribution in [2.24, 2.45) is 5.92 Å². The van der Waals surface area contributed by atoms with Crippen molar-refractivity contribution in [3.8, 4) is 0 Å². The quantitative estimate of drug-likeness (QED) is 0.701. The first-order valence-corrected chi connectivity index (χ1v) is 10.0. The van der Waals surface area contributed by atoms with Crippen LogP contribution in [0.25, 0.3) is 0 Å². The minimum atomic E-state index is -0.0761. The predicted octanol–water partition coefficient (Wildman–Crippen LogP) is 3.42. The van der Waals surface area contributed by atoms with E-state index in [2.05, 4.69) is 22.6 Å². The van der Waals surface area contributed by atoms with Crippen molar-refractivity contribution in [3.05, 3.63) is 29.8 Å². The summed E-state index contributed by atoms with van der Waals surface area (Å²) in [6.07, 6.45) is 9.59. The first-order valence-electron chi connectivity index (χ1n) is 10.0. The average molecular weight is 357 g/mol. The van der Waals surface area contributed by atoms with Crippen LogP contribution < -0.4 is 10.6 Å². The Kier molecular flexibility index (Phi) is 6.67. The standard InChI is InChI=1S/C21H31N3O2/c1-24(19-9-3-2-4-10-19)14-6-13-22-20(25)17-7-5-8-18(15-17)23-21(26)16-11-12-16/h5,7-8,15-16,19H,2-4,6,9-14H2,1H3,(H,22,25)(H,23,26). The van der Waals surface area contributed by atoms with Gasteiger partial charge in [0.25, 0.3) is 5.91 Å². The van der Waals surface area contributed by atoms with Gasteiger partial charge in [0.15, 0.2) is 0 Å². The lowest BCUT2D eigenvalue weighted by atomic mass is 9.94. The molecule has 2 amide bonds. The molecule has 5 nitrogen and oxygen atoms in total. The number of amides is 2. The molecule has 0 unspecified atom stereocenters. The lowest BCUT2D eigenvalue weighted by Crippen LogP contribution is -2.35. The van der Waals surface area contributed by atoms with E-state index in [0.717, 1.165) is 25.8 Å². The normalized spacial score (nSPS) is 17.9. The number of anilines is 1. The van der Waals surface area contributed by atoms with Gasteiger partial charge in [0, 0.05) is 29.8 Å². The molecule has 0 atom stereocenters. The summed E-state index contributed by atoms with van der Waals surface area (Å²) in [5.41, 5.74) is 1.30. The van der Waals surface area contributed by atoms with Crippen molar-refractivity contribution in [1.29, 1.82) is 0 Å². The third-order valence-electron chi connectivity index (χ3n) is 5.51. The second-order valence-corrected chi connectivity index (χ2v) is 7.73. The van der Waals surface area contributed by atoms with Gasteiger partial charge < -0.3 is 15.5 Å². The van der Waals surface area contributed by atoms with Gasteiger partial charge in [-0.25, -0.2) is 0 Å². The van der Waals surface area contributed by atoms with Crippen LogP contribution in [-0.4, -0.2) is 42.9 Å². The molecule has 0 aromatic heterocycles. The maximum Gasteiger partial charge on any atom is 0.251 e. The molecule has 1 aromatic carbocycles. The summed E-state index contributed by atoms with van der Waals surface area (Å²) in [4.78, 5) is 26.6. The molecule has 0 radical (unpaired) electrons. The molecule has 1 aromatic rings. The van der Waals surface area contributed by atoms with Crippen LogP contribution in [0.1, 0.15) is 61.7 Å². The maximum atomic E-state index is 12.3. The number of carbonyl (C=O) groups excluding carboxylic acids is 2. The fourth-order valence-corrected chi connectivity index (χ4v) is 3.66. The summed E-state index contributed by atoms with van der Waals surface area (Å²) in [5.74, 6) is 0.148. The smallest absolute Gasteiger partial charge is 0.251 e. The van der Waals surface area contributed by atoms with Gasteiger partial charge in [-0.05, 0) is 63.9 Å². The molecule has 2 aliphatic carbocycles. The van der Waals surface area contributed by atoms with Crippen LogP contribution in [0.5, 0.6) is 0 Å². The molecule has 3 rings (SSSR count). The van der Waals surface area contributed by atoms with E-state index in [0.29, 0.717) is 23.8 Å². The predicted molar refractivity (Wildman–Crippen MR) is 104 cm³/mol. The first kappa shape index (κ1) is 18.9. The number of nitrogens with zero attached hydrogens (tertiary/aromatic N) is 1. The van der Waals surface area contributed by atoms with E-state index in [1.165, 1.54) is 32.1 Å². The highest BCUT2D eigenvalue weighted by Gasteiger charge is 2.29. The largest absolute Gasteiger partial charge is 0.352 e. The molecule has 0 saturated heterocycles. The van der Waals surface area contributed by atoms with E-state index in [4.69, 9.17) is 0 Å². The molecular formula is C21H31N3O2. The zero-order valence-electron chi connectivity index (χ0n) is 15.8. The van der Waals surface area contributed by atoms with Crippen molar-refractivity contribution in [2.75, 3.05) is 25.5 Å². The summed E-state index contributed by atoms with van der Waals surface area (Å²) in [6.45, 7) is 1.69. The molecule has 2 fully saturated rings. The summed E-state index contributed by atoms with van der Waals surface area (Å²) in [6, 6.07) is 7.90. The lowest BCUT2D eigenvalue weighted by Gasteiger charge is -2.31. The molecule has 2 aliphatic rings. The fourth-order valence-electron chi connectivity index (χ4n) is 3.66. The number of benzene rings is 1. The number of hydrogen-bond donors (Lipinski definition) is 2. The molecule has 142 valence electrons. The highest BCUT2D eigenvalue weighted by Crippen LogP contribution is 2.30. The summed E-state index contributed by atoms with van der Waals surface area (Å²) in [7, 11) is 2.20. The van der Waals surface area contributed by atoms with E-state index < -0.39 is 0 Å². The van der Waals surface area contributed by atoms with Crippen LogP contribution in [-0.2, 0) is 4.79 Å². The van der Waals surface area contributed by atoms with Crippen molar-refractivity contribution in [1.82, 2.24) is 10.2 Å². The molecule has 5 heteroatoms. The van der Waals surface area contributed by atoms with Crippen LogP contribution in [0.4, 0.5) is 5.69 Å². The van der Waals surface area contributed by atoms with Crippen molar-refractivity contribution in [2.45, 2.75) is 57.4 Å². The topological polar surface area (TPSA) is 61.4 Å². The molecule has 0 spiro atoms. The summed E-state index contributed by atoms with van der Waals surface area (Å²) in [5, 5.41) is 5.89. The Morgan fingerprint density at radius 1 is 1.12 bits per heavy atom. The van der Waals surface area contributed by atoms with Crippen LogP contribution in [0, 0.1) is 5.92 Å². The second-order valence-electron chi connectivity index (χ2n) is 7.73. The monoisotopic (exact) mass is 357 g/mol. The Bertz CT molecular complexity index is 621. The molecular weight excluding hydrogens is 326 g/mol. The Balaban J connectivity index is 1.39. The molecule has 0 bridgehead atoms. The summed E-state index contributed by atoms with van der Waals surface area (Å²) < 4.78 is 0. The zero-order valence-corrected chi connectivity index (χ0v) is 15.8. The van der Waals surface area contributed by atoms with Gasteiger partial charge in [-0.2, -0.15) is 0 Å². The third kappa shape index (κ3) is 5.56. The fraction of sp³-hybridized carbons (Fsp3) is 0.619. The lowest BCUT2D eigenvalue weighted by molar-refractivity contribution is -0.117. The van der Waals surface area contributed by atoms with Crippen molar-refractivity contribution < 1.29 is 9.59 Å². The Morgan fingerprint density at radius 2 is 1.88 bits per heavy atom. The highest BCUT2D eigenvalue weighted by molar-refractivity contribution is 5.98. The third-order valence-corrected chi connectivity index (χ3v) is 5.51. The second kappa shape index (κ2) is 9.17. The zero-order chi connectivity index (χ0) is 18.4. The van der Waals surface area contributed by atoms with Crippen LogP contribution in [0.15, 0.2) is 24.3 Å². The molecule has 0 heterocycles. The van der Waals surface area contributed by atoms with Gasteiger partial charge >= 0.3 is 0 Å². The van der Waals surface area contributed by atoms with E-state index in [9.17, 15) is 9.59 Å². The maximum absolute atomic E-state index is 12.3. The Hall–Kier alpha value is -1.88. The van der Waals surface area contributed by atoms with Gasteiger partial charge in [0.1, 0.15) is 0 Å². The molecule has 0 aliphatic heterocycles. The van der Waals surface area contributed by atoms with Gasteiger partial charge in [-0.15, -0.1) is 0 Å². The van der Waals surface area contributed by atoms with Gasteiger partial charge in [-0.1, -0.05) is 25.3 Å². The Labute approximate surface area is 156 Å². The minimum Gasteiger partial charge on any atom is -0.352 e. The van der Waals surface area contributed by atoms with E-state index in [1.54, 1.807) is 12.1 Å². The Morgan fingerprint density at radius 3 is 2.62 bits per heavy atom. The first-order chi connectivity index (χ1) is 12.6. The van der Waals surface area contributed by atoms with E-state index >= 15 is 0 Å². The molecule has 2 N–H and O–H groups in total. The van der Waals surface area contributed by atoms with Crippen LogP contribution in [0.2, 0.25) is 0 Å². The molecule has 26 heavy (non-hydrogen) atoms. The SMILES string of the molecule is CN(CCCNC(=O)c1cccc(NC(=O)C2CC2)c1)C1CCCCC1. The number of nitrogens with one attached hydrogen (secondary N) is 2. The molecule has 2 saturated carbocycles. The summed E-state index contributed by atoms with van der Waals surface area (Å²) >= 11 is 0. The van der Waals surface area contributed by atoms with Crippen LogP contribution >= 0.6 is 0 Å². The van der Waals surface area contributed by atoms with E-state index in [1.807, 2.05) is 12.1 Å². The number of hydrogen-bond acceptors (Lipinski definition) is 3. The van der Waals surface area contributed by atoms with Gasteiger partial charge in [-0.3, -0.25) is 9.59 Å². The van der Waals surface area contributed by atoms with Crippen LogP contribution in [0.3, 0.4) is 0 Å². The van der Waals surface area contributed by atoms with E-state index in [-0.39, 0.29) is 17.7 Å².